The van der Waals surface area contributed by atoms with Crippen LogP contribution >= 0.6 is 12.2 Å². The molecule has 0 radical (unpaired) electrons. The van der Waals surface area contributed by atoms with E-state index in [0.29, 0.717) is 36.8 Å². The average molecular weight is 477 g/mol. The number of rotatable bonds is 9. The number of halogens is 2. The van der Waals surface area contributed by atoms with Gasteiger partial charge in [0.1, 0.15) is 5.82 Å². The molecule has 2 aromatic rings. The molecule has 1 atom stereocenters. The molecular formula is C19H26F2N4O4S2. The molecule has 0 saturated carbocycles. The first-order valence-corrected chi connectivity index (χ1v) is 12.1. The SMILES string of the molecule is CCOc1cc(CN(C)Cn2nc(C3CCS(=O)(=O)C3)n(C)c2=S)ccc1OC(F)F. The summed E-state index contributed by atoms with van der Waals surface area (Å²) >= 11 is 5.48. The van der Waals surface area contributed by atoms with Crippen molar-refractivity contribution in [2.24, 2.45) is 7.05 Å². The summed E-state index contributed by atoms with van der Waals surface area (Å²) in [6.45, 7) is 0.0249. The Labute approximate surface area is 185 Å². The van der Waals surface area contributed by atoms with Crippen LogP contribution in [-0.4, -0.2) is 59.4 Å². The Balaban J connectivity index is 1.72. The molecule has 0 spiro atoms. The predicted octanol–water partition coefficient (Wildman–Crippen LogP) is 2.94. The van der Waals surface area contributed by atoms with Gasteiger partial charge in [0.25, 0.3) is 0 Å². The van der Waals surface area contributed by atoms with E-state index in [2.05, 4.69) is 9.84 Å². The second-order valence-corrected chi connectivity index (χ2v) is 10.1. The highest BCUT2D eigenvalue weighted by Gasteiger charge is 2.32. The Kier molecular flexibility index (Phi) is 7.32. The fourth-order valence-electron chi connectivity index (χ4n) is 3.65. The number of hydrogen-bond acceptors (Lipinski definition) is 7. The predicted molar refractivity (Wildman–Crippen MR) is 114 cm³/mol. The van der Waals surface area contributed by atoms with Crippen molar-refractivity contribution in [2.45, 2.75) is 39.1 Å². The number of aromatic nitrogens is 3. The fraction of sp³-hybridized carbons (Fsp3) is 0.579. The van der Waals surface area contributed by atoms with Gasteiger partial charge in [0.2, 0.25) is 0 Å². The zero-order chi connectivity index (χ0) is 22.8. The van der Waals surface area contributed by atoms with Crippen molar-refractivity contribution in [1.29, 1.82) is 0 Å². The lowest BCUT2D eigenvalue weighted by Gasteiger charge is -2.18. The zero-order valence-corrected chi connectivity index (χ0v) is 19.3. The molecule has 12 heteroatoms. The topological polar surface area (TPSA) is 78.6 Å². The van der Waals surface area contributed by atoms with Crippen LogP contribution < -0.4 is 9.47 Å². The molecule has 8 nitrogen and oxygen atoms in total. The molecule has 172 valence electrons. The summed E-state index contributed by atoms with van der Waals surface area (Å²) in [6.07, 6.45) is 0.547. The number of hydrogen-bond donors (Lipinski definition) is 0. The van der Waals surface area contributed by atoms with Gasteiger partial charge in [-0.1, -0.05) is 6.07 Å². The lowest BCUT2D eigenvalue weighted by molar-refractivity contribution is -0.0514. The Morgan fingerprint density at radius 1 is 1.35 bits per heavy atom. The van der Waals surface area contributed by atoms with Crippen molar-refractivity contribution in [3.8, 4) is 11.5 Å². The molecule has 1 aromatic heterocycles. The van der Waals surface area contributed by atoms with Gasteiger partial charge in [0.05, 0.1) is 24.8 Å². The Hall–Kier alpha value is -2.05. The lowest BCUT2D eigenvalue weighted by atomic mass is 10.1. The van der Waals surface area contributed by atoms with Gasteiger partial charge >= 0.3 is 6.61 Å². The van der Waals surface area contributed by atoms with Crippen molar-refractivity contribution in [3.05, 3.63) is 34.4 Å². The molecule has 1 aliphatic heterocycles. The van der Waals surface area contributed by atoms with Gasteiger partial charge in [-0.15, -0.1) is 0 Å². The maximum atomic E-state index is 12.6. The summed E-state index contributed by atoms with van der Waals surface area (Å²) in [5.74, 6) is 1.03. The molecule has 0 aliphatic carbocycles. The highest BCUT2D eigenvalue weighted by atomic mass is 32.2. The first kappa shape index (κ1) is 23.6. The fourth-order valence-corrected chi connectivity index (χ4v) is 5.58. The van der Waals surface area contributed by atoms with Gasteiger partial charge in [-0.2, -0.15) is 13.9 Å². The van der Waals surface area contributed by atoms with Crippen molar-refractivity contribution < 1.29 is 26.7 Å². The average Bonchev–Trinajstić information content (AvgIpc) is 3.17. The van der Waals surface area contributed by atoms with Crippen LogP contribution in [0.3, 0.4) is 0 Å². The van der Waals surface area contributed by atoms with E-state index >= 15 is 0 Å². The van der Waals surface area contributed by atoms with Crippen LogP contribution in [0.5, 0.6) is 11.5 Å². The molecule has 1 aliphatic rings. The molecule has 1 saturated heterocycles. The molecule has 3 rings (SSSR count). The van der Waals surface area contributed by atoms with E-state index in [4.69, 9.17) is 17.0 Å². The lowest BCUT2D eigenvalue weighted by Crippen LogP contribution is -2.22. The first-order valence-electron chi connectivity index (χ1n) is 9.83. The summed E-state index contributed by atoms with van der Waals surface area (Å²) in [7, 11) is 0.645. The number of benzene rings is 1. The summed E-state index contributed by atoms with van der Waals surface area (Å²) in [4.78, 5) is 1.96. The minimum absolute atomic E-state index is 0.00800. The number of nitrogens with zero attached hydrogens (tertiary/aromatic N) is 4. The van der Waals surface area contributed by atoms with Crippen LogP contribution in [0.1, 0.15) is 30.7 Å². The normalized spacial score (nSPS) is 18.1. The molecule has 0 N–H and O–H groups in total. The number of sulfone groups is 1. The van der Waals surface area contributed by atoms with E-state index in [1.165, 1.54) is 6.07 Å². The van der Waals surface area contributed by atoms with Crippen LogP contribution in [0.25, 0.3) is 0 Å². The first-order chi connectivity index (χ1) is 14.6. The highest BCUT2D eigenvalue weighted by molar-refractivity contribution is 7.91. The highest BCUT2D eigenvalue weighted by Crippen LogP contribution is 2.30. The standard InChI is InChI=1S/C19H26F2N4O4S2/c1-4-28-16-9-13(5-6-15(16)29-18(20)21)10-23(2)12-25-19(30)24(3)17(22-25)14-7-8-31(26,27)11-14/h5-6,9,14,18H,4,7-8,10-12H2,1-3H3. The molecule has 1 aromatic carbocycles. The van der Waals surface area contributed by atoms with Gasteiger partial charge in [0, 0.05) is 19.5 Å². The van der Waals surface area contributed by atoms with E-state index < -0.39 is 16.4 Å². The maximum Gasteiger partial charge on any atom is 0.387 e. The van der Waals surface area contributed by atoms with E-state index in [1.54, 1.807) is 35.4 Å². The Bertz CT molecular complexity index is 1090. The largest absolute Gasteiger partial charge is 0.490 e. The maximum absolute atomic E-state index is 12.6. The van der Waals surface area contributed by atoms with Gasteiger partial charge in [-0.05, 0) is 50.3 Å². The summed E-state index contributed by atoms with van der Waals surface area (Å²) < 4.78 is 62.6. The van der Waals surface area contributed by atoms with Crippen LogP contribution in [0, 0.1) is 4.77 Å². The Morgan fingerprint density at radius 2 is 2.10 bits per heavy atom. The Morgan fingerprint density at radius 3 is 2.71 bits per heavy atom. The van der Waals surface area contributed by atoms with Crippen molar-refractivity contribution in [3.63, 3.8) is 0 Å². The van der Waals surface area contributed by atoms with Gasteiger partial charge < -0.3 is 14.0 Å². The van der Waals surface area contributed by atoms with Crippen molar-refractivity contribution >= 4 is 22.1 Å². The van der Waals surface area contributed by atoms with E-state index in [-0.39, 0.29) is 28.9 Å². The minimum atomic E-state index is -3.02. The summed E-state index contributed by atoms with van der Waals surface area (Å²) in [5.41, 5.74) is 0.845. The monoisotopic (exact) mass is 476 g/mol. The molecule has 1 unspecified atom stereocenters. The third-order valence-corrected chi connectivity index (χ3v) is 7.28. The van der Waals surface area contributed by atoms with Crippen LogP contribution in [0.2, 0.25) is 0 Å². The van der Waals surface area contributed by atoms with E-state index in [0.717, 1.165) is 5.56 Å². The molecule has 1 fully saturated rings. The van der Waals surface area contributed by atoms with E-state index in [9.17, 15) is 17.2 Å². The van der Waals surface area contributed by atoms with Gasteiger partial charge in [-0.3, -0.25) is 4.90 Å². The second kappa shape index (κ2) is 9.61. The molecule has 2 heterocycles. The number of alkyl halides is 2. The van der Waals surface area contributed by atoms with Crippen LogP contribution in [0.15, 0.2) is 18.2 Å². The second-order valence-electron chi connectivity index (χ2n) is 7.55. The third kappa shape index (κ3) is 5.80. The molecule has 0 bridgehead atoms. The summed E-state index contributed by atoms with van der Waals surface area (Å²) in [5, 5.41) is 4.57. The minimum Gasteiger partial charge on any atom is -0.490 e. The number of ether oxygens (including phenoxy) is 2. The smallest absolute Gasteiger partial charge is 0.387 e. The van der Waals surface area contributed by atoms with Crippen molar-refractivity contribution in [2.75, 3.05) is 25.2 Å². The van der Waals surface area contributed by atoms with E-state index in [1.807, 2.05) is 11.9 Å². The van der Waals surface area contributed by atoms with Gasteiger partial charge in [0.15, 0.2) is 26.1 Å². The molecule has 31 heavy (non-hydrogen) atoms. The quantitative estimate of drug-likeness (QED) is 0.515. The summed E-state index contributed by atoms with van der Waals surface area (Å²) in [6, 6.07) is 4.83. The zero-order valence-electron chi connectivity index (χ0n) is 17.6. The van der Waals surface area contributed by atoms with Crippen molar-refractivity contribution in [1.82, 2.24) is 19.2 Å². The molecular weight excluding hydrogens is 450 g/mol. The van der Waals surface area contributed by atoms with Gasteiger partial charge in [-0.25, -0.2) is 13.1 Å². The third-order valence-electron chi connectivity index (χ3n) is 5.02. The molecule has 0 amide bonds. The van der Waals surface area contributed by atoms with Crippen LogP contribution in [-0.2, 0) is 30.1 Å². The van der Waals surface area contributed by atoms with Crippen LogP contribution in [0.4, 0.5) is 8.78 Å².